The number of aliphatic hydroxyl groups excluding tert-OH is 1. The third-order valence-electron chi connectivity index (χ3n) is 5.48. The third-order valence-corrected chi connectivity index (χ3v) is 5.77. The number of aromatic nitrogens is 1. The number of pyridine rings is 1. The number of nitrogens with one attached hydrogen (secondary N) is 1. The summed E-state index contributed by atoms with van der Waals surface area (Å²) in [5, 5.41) is 11.5. The summed E-state index contributed by atoms with van der Waals surface area (Å²) in [4.78, 5) is 16.9. The van der Waals surface area contributed by atoms with E-state index >= 15 is 0 Å². The minimum Gasteiger partial charge on any atom is -0.493 e. The highest BCUT2D eigenvalue weighted by atomic mass is 35.5. The van der Waals surface area contributed by atoms with Gasteiger partial charge in [-0.15, -0.1) is 0 Å². The molecule has 1 heterocycles. The normalized spacial score (nSPS) is 13.1. The van der Waals surface area contributed by atoms with Crippen molar-refractivity contribution in [3.63, 3.8) is 0 Å². The van der Waals surface area contributed by atoms with Crippen LogP contribution in [0.1, 0.15) is 34.5 Å². The second kappa shape index (κ2) is 12.4. The number of methoxy groups -OCH3 is 1. The molecule has 0 radical (unpaired) electrons. The van der Waals surface area contributed by atoms with Crippen LogP contribution in [0.4, 0.5) is 17.6 Å². The Morgan fingerprint density at radius 1 is 1.16 bits per heavy atom. The number of aliphatic hydroxyl groups is 1. The Morgan fingerprint density at radius 2 is 1.89 bits per heavy atom. The Morgan fingerprint density at radius 3 is 2.50 bits per heavy atom. The van der Waals surface area contributed by atoms with Crippen LogP contribution in [0.3, 0.4) is 0 Å². The van der Waals surface area contributed by atoms with E-state index in [9.17, 15) is 27.5 Å². The van der Waals surface area contributed by atoms with E-state index in [1.807, 2.05) is 0 Å². The molecule has 0 bridgehead atoms. The molecule has 38 heavy (non-hydrogen) atoms. The number of nitrogens with zero attached hydrogens (tertiary/aromatic N) is 1. The average Bonchev–Trinajstić information content (AvgIpc) is 2.87. The van der Waals surface area contributed by atoms with Gasteiger partial charge in [0.15, 0.2) is 11.5 Å². The smallest absolute Gasteiger partial charge is 0.398 e. The van der Waals surface area contributed by atoms with Crippen molar-refractivity contribution in [1.29, 1.82) is 0 Å². The van der Waals surface area contributed by atoms with Crippen molar-refractivity contribution in [2.24, 2.45) is 5.73 Å². The zero-order valence-electron chi connectivity index (χ0n) is 20.5. The quantitative estimate of drug-likeness (QED) is 0.309. The molecule has 4 N–H and O–H groups in total. The molecule has 0 spiro atoms. The molecule has 12 heteroatoms. The van der Waals surface area contributed by atoms with Crippen molar-refractivity contribution in [3.8, 4) is 22.8 Å². The lowest BCUT2D eigenvalue weighted by atomic mass is 9.99. The molecule has 204 valence electrons. The van der Waals surface area contributed by atoms with Crippen LogP contribution in [0, 0.1) is 5.82 Å². The molecule has 2 aromatic carbocycles. The molecule has 0 aliphatic heterocycles. The summed E-state index contributed by atoms with van der Waals surface area (Å²) in [7, 11) is 1.34. The lowest BCUT2D eigenvalue weighted by Gasteiger charge is -2.22. The fraction of sp³-hybridized carbons (Fsp3) is 0.308. The van der Waals surface area contributed by atoms with E-state index in [-0.39, 0.29) is 46.6 Å². The molecule has 0 aliphatic carbocycles. The van der Waals surface area contributed by atoms with Gasteiger partial charge in [-0.3, -0.25) is 9.78 Å². The van der Waals surface area contributed by atoms with Crippen molar-refractivity contribution in [2.75, 3.05) is 20.3 Å². The standard InChI is InChI=1S/C26H26ClF4N3O4/c1-14(35)13-38-23-6-4-17(10-24(23)37-2)25(36)33-12-18(26(29,30)31)22-8-15(11-32)7-21(34-22)16-3-5-20(28)19(27)9-16/h3-10,14,18,35H,11-13,32H2,1-2H3,(H,33,36)/t14-,18?/m1/s1. The number of ether oxygens (including phenoxy) is 2. The maximum absolute atomic E-state index is 14.1. The number of hydrogen-bond donors (Lipinski definition) is 3. The minimum absolute atomic E-state index is 0.0177. The van der Waals surface area contributed by atoms with Crippen LogP contribution < -0.4 is 20.5 Å². The first-order chi connectivity index (χ1) is 17.9. The van der Waals surface area contributed by atoms with Gasteiger partial charge in [0.2, 0.25) is 0 Å². The van der Waals surface area contributed by atoms with Gasteiger partial charge in [-0.2, -0.15) is 13.2 Å². The van der Waals surface area contributed by atoms with Gasteiger partial charge in [-0.25, -0.2) is 4.39 Å². The molecule has 0 saturated carbocycles. The molecule has 1 aromatic heterocycles. The van der Waals surface area contributed by atoms with Gasteiger partial charge in [0.1, 0.15) is 18.3 Å². The number of benzene rings is 2. The fourth-order valence-electron chi connectivity index (χ4n) is 3.53. The Kier molecular flexibility index (Phi) is 9.53. The second-order valence-corrected chi connectivity index (χ2v) is 8.86. The molecule has 7 nitrogen and oxygen atoms in total. The van der Waals surface area contributed by atoms with Crippen molar-refractivity contribution in [3.05, 3.63) is 76.2 Å². The maximum Gasteiger partial charge on any atom is 0.398 e. The topological polar surface area (TPSA) is 107 Å². The first kappa shape index (κ1) is 29.2. The monoisotopic (exact) mass is 555 g/mol. The molecule has 0 saturated heterocycles. The first-order valence-corrected chi connectivity index (χ1v) is 11.8. The van der Waals surface area contributed by atoms with Crippen molar-refractivity contribution in [1.82, 2.24) is 10.3 Å². The zero-order chi connectivity index (χ0) is 28.0. The van der Waals surface area contributed by atoms with E-state index in [1.54, 1.807) is 0 Å². The summed E-state index contributed by atoms with van der Waals surface area (Å²) in [6.45, 7) is 0.630. The van der Waals surface area contributed by atoms with Crippen molar-refractivity contribution >= 4 is 17.5 Å². The minimum atomic E-state index is -4.76. The van der Waals surface area contributed by atoms with E-state index in [0.717, 1.165) is 6.07 Å². The van der Waals surface area contributed by atoms with Crippen molar-refractivity contribution < 1.29 is 36.9 Å². The maximum atomic E-state index is 14.1. The van der Waals surface area contributed by atoms with Gasteiger partial charge in [0.05, 0.1) is 29.6 Å². The highest BCUT2D eigenvalue weighted by Crippen LogP contribution is 2.36. The van der Waals surface area contributed by atoms with Crippen LogP contribution in [0.25, 0.3) is 11.3 Å². The number of nitrogens with two attached hydrogens (primary N) is 1. The number of rotatable bonds is 10. The van der Waals surface area contributed by atoms with E-state index < -0.39 is 36.5 Å². The van der Waals surface area contributed by atoms with E-state index in [2.05, 4.69) is 10.3 Å². The number of alkyl halides is 3. The first-order valence-electron chi connectivity index (χ1n) is 11.4. The van der Waals surface area contributed by atoms with Gasteiger partial charge >= 0.3 is 6.18 Å². The lowest BCUT2D eigenvalue weighted by Crippen LogP contribution is -2.35. The Hall–Kier alpha value is -3.41. The molecule has 3 rings (SSSR count). The van der Waals surface area contributed by atoms with Crippen LogP contribution in [0.2, 0.25) is 5.02 Å². The van der Waals surface area contributed by atoms with E-state index in [4.69, 9.17) is 26.8 Å². The Labute approximate surface area is 221 Å². The molecular weight excluding hydrogens is 530 g/mol. The number of hydrogen-bond acceptors (Lipinski definition) is 6. The third kappa shape index (κ3) is 7.33. The summed E-state index contributed by atoms with van der Waals surface area (Å²) < 4.78 is 66.5. The summed E-state index contributed by atoms with van der Waals surface area (Å²) in [5.74, 6) is -3.19. The van der Waals surface area contributed by atoms with Gasteiger partial charge in [0.25, 0.3) is 5.91 Å². The molecule has 3 aromatic rings. The largest absolute Gasteiger partial charge is 0.493 e. The number of carbonyl (C=O) groups is 1. The van der Waals surface area contributed by atoms with Crippen LogP contribution in [-0.2, 0) is 6.54 Å². The van der Waals surface area contributed by atoms with Gasteiger partial charge < -0.3 is 25.6 Å². The molecule has 1 amide bonds. The number of amides is 1. The highest BCUT2D eigenvalue weighted by molar-refractivity contribution is 6.31. The molecule has 2 atom stereocenters. The Bertz CT molecular complexity index is 1290. The van der Waals surface area contributed by atoms with Gasteiger partial charge in [-0.1, -0.05) is 11.6 Å². The zero-order valence-corrected chi connectivity index (χ0v) is 21.2. The van der Waals surface area contributed by atoms with E-state index in [0.29, 0.717) is 11.1 Å². The predicted octanol–water partition coefficient (Wildman–Crippen LogP) is 4.84. The molecule has 0 aliphatic rings. The highest BCUT2D eigenvalue weighted by Gasteiger charge is 2.42. The number of carbonyl (C=O) groups excluding carboxylic acids is 1. The summed E-state index contributed by atoms with van der Waals surface area (Å²) in [6.07, 6.45) is -5.50. The molecule has 0 fully saturated rings. The van der Waals surface area contributed by atoms with Gasteiger partial charge in [-0.05, 0) is 61.0 Å². The summed E-state index contributed by atoms with van der Waals surface area (Å²) in [5.41, 5.74) is 6.18. The van der Waals surface area contributed by atoms with Crippen LogP contribution in [0.15, 0.2) is 48.5 Å². The lowest BCUT2D eigenvalue weighted by molar-refractivity contribution is -0.149. The summed E-state index contributed by atoms with van der Waals surface area (Å²) in [6, 6.07) is 10.5. The second-order valence-electron chi connectivity index (χ2n) is 8.45. The van der Waals surface area contributed by atoms with E-state index in [1.165, 1.54) is 56.5 Å². The Balaban J connectivity index is 1.87. The fourth-order valence-corrected chi connectivity index (χ4v) is 3.71. The number of halogens is 5. The van der Waals surface area contributed by atoms with Gasteiger partial charge in [0, 0.05) is 24.2 Å². The predicted molar refractivity (Wildman–Crippen MR) is 134 cm³/mol. The van der Waals surface area contributed by atoms with Crippen molar-refractivity contribution in [2.45, 2.75) is 31.7 Å². The molecular formula is C26H26ClF4N3O4. The van der Waals surface area contributed by atoms with Crippen LogP contribution >= 0.6 is 11.6 Å². The van der Waals surface area contributed by atoms with Crippen LogP contribution in [-0.4, -0.2) is 48.5 Å². The SMILES string of the molecule is COc1cc(C(=O)NCC(c2cc(CN)cc(-c3ccc(F)c(Cl)c3)n2)C(F)(F)F)ccc1OC[C@@H](C)O. The average molecular weight is 556 g/mol. The summed E-state index contributed by atoms with van der Waals surface area (Å²) >= 11 is 5.83. The van der Waals surface area contributed by atoms with Crippen LogP contribution in [0.5, 0.6) is 11.5 Å². The molecule has 1 unspecified atom stereocenters.